The second-order valence-corrected chi connectivity index (χ2v) is 2.72. The van der Waals surface area contributed by atoms with Gasteiger partial charge in [-0.3, -0.25) is 0 Å². The predicted molar refractivity (Wildman–Crippen MR) is 51.0 cm³/mol. The van der Waals surface area contributed by atoms with E-state index in [9.17, 15) is 4.39 Å². The first kappa shape index (κ1) is 10.4. The maximum atomic E-state index is 13.2. The molecule has 0 atom stereocenters. The average molecular weight is 191 g/mol. The molecular formula is C11H10FNO. The normalized spacial score (nSPS) is 9.43. The maximum Gasteiger partial charge on any atom is 0.130 e. The van der Waals surface area contributed by atoms with Gasteiger partial charge in [0.1, 0.15) is 5.82 Å². The van der Waals surface area contributed by atoms with Gasteiger partial charge in [-0.2, -0.15) is 5.26 Å². The number of hydrogen-bond acceptors (Lipinski definition) is 2. The van der Waals surface area contributed by atoms with Crippen LogP contribution >= 0.6 is 0 Å². The minimum atomic E-state index is -0.409. The Bertz CT molecular complexity index is 368. The van der Waals surface area contributed by atoms with Crippen LogP contribution in [0, 0.1) is 17.1 Å². The topological polar surface area (TPSA) is 33.0 Å². The molecule has 0 N–H and O–H groups in total. The minimum Gasteiger partial charge on any atom is -0.373 e. The van der Waals surface area contributed by atoms with Crippen molar-refractivity contribution in [1.82, 2.24) is 0 Å². The van der Waals surface area contributed by atoms with Gasteiger partial charge in [0.15, 0.2) is 0 Å². The van der Waals surface area contributed by atoms with E-state index in [0.29, 0.717) is 17.7 Å². The van der Waals surface area contributed by atoms with Crippen molar-refractivity contribution in [1.29, 1.82) is 5.26 Å². The minimum absolute atomic E-state index is 0.198. The molecule has 0 aromatic heterocycles. The summed E-state index contributed by atoms with van der Waals surface area (Å²) in [5.41, 5.74) is 0.765. The maximum absolute atomic E-state index is 13.2. The van der Waals surface area contributed by atoms with Crippen LogP contribution in [0.25, 0.3) is 0 Å². The molecular weight excluding hydrogens is 181 g/mol. The van der Waals surface area contributed by atoms with E-state index in [1.165, 1.54) is 6.07 Å². The summed E-state index contributed by atoms with van der Waals surface area (Å²) in [6, 6.07) is 6.18. The zero-order valence-electron chi connectivity index (χ0n) is 7.66. The largest absolute Gasteiger partial charge is 0.373 e. The van der Waals surface area contributed by atoms with E-state index in [2.05, 4.69) is 6.58 Å². The van der Waals surface area contributed by atoms with Gasteiger partial charge < -0.3 is 4.74 Å². The van der Waals surface area contributed by atoms with Crippen LogP contribution in [0.2, 0.25) is 0 Å². The second-order valence-electron chi connectivity index (χ2n) is 2.72. The van der Waals surface area contributed by atoms with E-state index in [4.69, 9.17) is 10.00 Å². The van der Waals surface area contributed by atoms with E-state index in [1.807, 2.05) is 6.07 Å². The van der Waals surface area contributed by atoms with Crippen LogP contribution in [0.3, 0.4) is 0 Å². The molecule has 0 aliphatic rings. The summed E-state index contributed by atoms with van der Waals surface area (Å²) in [6.45, 7) is 4.07. The number of nitrogens with zero attached hydrogens (tertiary/aromatic N) is 1. The molecule has 0 unspecified atom stereocenters. The van der Waals surface area contributed by atoms with Crippen LogP contribution in [-0.4, -0.2) is 6.61 Å². The third-order valence-corrected chi connectivity index (χ3v) is 1.68. The number of halogens is 1. The van der Waals surface area contributed by atoms with Crippen LogP contribution in [0.1, 0.15) is 11.1 Å². The van der Waals surface area contributed by atoms with Crippen LogP contribution < -0.4 is 0 Å². The van der Waals surface area contributed by atoms with Crippen molar-refractivity contribution in [3.63, 3.8) is 0 Å². The molecule has 3 heteroatoms. The first-order valence-corrected chi connectivity index (χ1v) is 4.15. The summed E-state index contributed by atoms with van der Waals surface area (Å²) in [6.07, 6.45) is 1.60. The molecule has 1 aromatic rings. The summed E-state index contributed by atoms with van der Waals surface area (Å²) < 4.78 is 18.3. The molecule has 0 saturated carbocycles. The number of rotatable bonds is 4. The lowest BCUT2D eigenvalue weighted by atomic mass is 10.1. The lowest BCUT2D eigenvalue weighted by Gasteiger charge is -2.03. The van der Waals surface area contributed by atoms with Gasteiger partial charge >= 0.3 is 0 Å². The number of hydrogen-bond donors (Lipinski definition) is 0. The van der Waals surface area contributed by atoms with E-state index in [-0.39, 0.29) is 6.61 Å². The molecule has 0 saturated heterocycles. The van der Waals surface area contributed by atoms with Gasteiger partial charge in [-0.15, -0.1) is 6.58 Å². The molecule has 0 amide bonds. The standard InChI is InChI=1S/C11H10FNO/c1-2-5-14-8-10-4-3-9(7-13)6-11(10)12/h2-4,6H,1,5,8H2. The van der Waals surface area contributed by atoms with E-state index in [0.717, 1.165) is 0 Å². The van der Waals surface area contributed by atoms with Crippen molar-refractivity contribution >= 4 is 0 Å². The van der Waals surface area contributed by atoms with Crippen LogP contribution in [-0.2, 0) is 11.3 Å². The first-order chi connectivity index (χ1) is 6.77. The molecule has 0 aliphatic heterocycles. The van der Waals surface area contributed by atoms with E-state index >= 15 is 0 Å². The molecule has 0 aliphatic carbocycles. The molecule has 0 heterocycles. The fourth-order valence-corrected chi connectivity index (χ4v) is 0.986. The summed E-state index contributed by atoms with van der Waals surface area (Å²) in [7, 11) is 0. The fourth-order valence-electron chi connectivity index (χ4n) is 0.986. The number of ether oxygens (including phenoxy) is 1. The third kappa shape index (κ3) is 2.68. The zero-order valence-corrected chi connectivity index (χ0v) is 7.66. The van der Waals surface area contributed by atoms with Crippen LogP contribution in [0.15, 0.2) is 30.9 Å². The smallest absolute Gasteiger partial charge is 0.130 e. The Balaban J connectivity index is 2.70. The van der Waals surface area contributed by atoms with Gasteiger partial charge in [0.05, 0.1) is 24.8 Å². The molecule has 2 nitrogen and oxygen atoms in total. The highest BCUT2D eigenvalue weighted by Gasteiger charge is 2.02. The molecule has 1 rings (SSSR count). The quantitative estimate of drug-likeness (QED) is 0.540. The van der Waals surface area contributed by atoms with Gasteiger partial charge in [-0.1, -0.05) is 12.1 Å². The van der Waals surface area contributed by atoms with Crippen molar-refractivity contribution in [2.24, 2.45) is 0 Å². The Morgan fingerprint density at radius 1 is 1.57 bits per heavy atom. The SMILES string of the molecule is C=CCOCc1ccc(C#N)cc1F. The zero-order chi connectivity index (χ0) is 10.4. The molecule has 72 valence electrons. The van der Waals surface area contributed by atoms with E-state index < -0.39 is 5.82 Å². The van der Waals surface area contributed by atoms with Crippen molar-refractivity contribution in [2.45, 2.75) is 6.61 Å². The Morgan fingerprint density at radius 2 is 2.36 bits per heavy atom. The lowest BCUT2D eigenvalue weighted by Crippen LogP contribution is -1.96. The highest BCUT2D eigenvalue weighted by Crippen LogP contribution is 2.10. The number of nitriles is 1. The van der Waals surface area contributed by atoms with Crippen molar-refractivity contribution in [3.8, 4) is 6.07 Å². The van der Waals surface area contributed by atoms with Crippen molar-refractivity contribution in [2.75, 3.05) is 6.61 Å². The van der Waals surface area contributed by atoms with Gasteiger partial charge in [-0.05, 0) is 12.1 Å². The summed E-state index contributed by atoms with van der Waals surface area (Å²) in [5.74, 6) is -0.409. The van der Waals surface area contributed by atoms with Gasteiger partial charge in [-0.25, -0.2) is 4.39 Å². The average Bonchev–Trinajstić information content (AvgIpc) is 2.20. The Hall–Kier alpha value is -1.66. The van der Waals surface area contributed by atoms with E-state index in [1.54, 1.807) is 18.2 Å². The monoisotopic (exact) mass is 191 g/mol. The molecule has 1 aromatic carbocycles. The molecule has 0 spiro atoms. The molecule has 14 heavy (non-hydrogen) atoms. The molecule has 0 fully saturated rings. The molecule has 0 radical (unpaired) electrons. The Kier molecular flexibility index (Phi) is 3.84. The first-order valence-electron chi connectivity index (χ1n) is 4.15. The second kappa shape index (κ2) is 5.15. The van der Waals surface area contributed by atoms with Crippen LogP contribution in [0.5, 0.6) is 0 Å². The highest BCUT2D eigenvalue weighted by molar-refractivity contribution is 5.32. The van der Waals surface area contributed by atoms with Gasteiger partial charge in [0.25, 0.3) is 0 Å². The van der Waals surface area contributed by atoms with Crippen LogP contribution in [0.4, 0.5) is 4.39 Å². The van der Waals surface area contributed by atoms with Crippen molar-refractivity contribution < 1.29 is 9.13 Å². The lowest BCUT2D eigenvalue weighted by molar-refractivity contribution is 0.146. The summed E-state index contributed by atoms with van der Waals surface area (Å²) >= 11 is 0. The van der Waals surface area contributed by atoms with Gasteiger partial charge in [0.2, 0.25) is 0 Å². The predicted octanol–water partition coefficient (Wildman–Crippen LogP) is 2.40. The third-order valence-electron chi connectivity index (χ3n) is 1.68. The highest BCUT2D eigenvalue weighted by atomic mass is 19.1. The molecule has 0 bridgehead atoms. The Morgan fingerprint density at radius 3 is 2.93 bits per heavy atom. The van der Waals surface area contributed by atoms with Crippen molar-refractivity contribution in [3.05, 3.63) is 47.8 Å². The summed E-state index contributed by atoms with van der Waals surface area (Å²) in [4.78, 5) is 0. The fraction of sp³-hybridized carbons (Fsp3) is 0.182. The Labute approximate surface area is 82.2 Å². The van der Waals surface area contributed by atoms with Gasteiger partial charge in [0, 0.05) is 5.56 Å². The summed E-state index contributed by atoms with van der Waals surface area (Å²) in [5, 5.41) is 8.51. The number of benzene rings is 1.